The summed E-state index contributed by atoms with van der Waals surface area (Å²) in [7, 11) is 0. The Kier molecular flexibility index (Phi) is 3.54. The summed E-state index contributed by atoms with van der Waals surface area (Å²) in [5.74, 6) is 2.62. The molecule has 26 heavy (non-hydrogen) atoms. The van der Waals surface area contributed by atoms with Gasteiger partial charge in [-0.05, 0) is 66.3 Å². The minimum atomic E-state index is 0.226. The zero-order valence-electron chi connectivity index (χ0n) is 15.9. The Labute approximate surface area is 156 Å². The molecular formula is C23H28N2O. The van der Waals surface area contributed by atoms with Gasteiger partial charge in [-0.2, -0.15) is 0 Å². The van der Waals surface area contributed by atoms with Crippen LogP contribution in [0.5, 0.6) is 0 Å². The van der Waals surface area contributed by atoms with E-state index in [1.165, 1.54) is 30.4 Å². The van der Waals surface area contributed by atoms with Crippen molar-refractivity contribution in [2.45, 2.75) is 58.8 Å². The van der Waals surface area contributed by atoms with E-state index in [0.29, 0.717) is 18.1 Å². The molecule has 1 heterocycles. The summed E-state index contributed by atoms with van der Waals surface area (Å²) in [5, 5.41) is 0. The van der Waals surface area contributed by atoms with Crippen LogP contribution >= 0.6 is 0 Å². The fourth-order valence-electron chi connectivity index (χ4n) is 6.88. The maximum Gasteiger partial charge on any atom is 0.136 e. The molecule has 3 nitrogen and oxygen atoms in total. The van der Waals surface area contributed by atoms with E-state index in [4.69, 9.17) is 0 Å². The van der Waals surface area contributed by atoms with Crippen LogP contribution in [0.4, 0.5) is 0 Å². The van der Waals surface area contributed by atoms with Crippen LogP contribution in [-0.2, 0) is 4.79 Å². The van der Waals surface area contributed by atoms with Crippen molar-refractivity contribution in [3.8, 4) is 0 Å². The van der Waals surface area contributed by atoms with E-state index < -0.39 is 0 Å². The molecule has 0 unspecified atom stereocenters. The van der Waals surface area contributed by atoms with Gasteiger partial charge in [-0.25, -0.2) is 0 Å². The lowest BCUT2D eigenvalue weighted by Crippen LogP contribution is -2.49. The number of carbonyl (C=O) groups is 1. The molecule has 1 aromatic heterocycles. The van der Waals surface area contributed by atoms with Gasteiger partial charge < -0.3 is 0 Å². The van der Waals surface area contributed by atoms with Crippen LogP contribution in [0.2, 0.25) is 0 Å². The molecule has 1 aromatic rings. The first-order valence-corrected chi connectivity index (χ1v) is 10.2. The number of hydrogen-bond donors (Lipinski definition) is 0. The molecule has 2 fully saturated rings. The van der Waals surface area contributed by atoms with E-state index in [0.717, 1.165) is 36.8 Å². The van der Waals surface area contributed by atoms with Gasteiger partial charge in [0.05, 0.1) is 11.9 Å². The predicted molar refractivity (Wildman–Crippen MR) is 102 cm³/mol. The number of aromatic nitrogens is 2. The molecule has 5 atom stereocenters. The topological polar surface area (TPSA) is 42.9 Å². The van der Waals surface area contributed by atoms with E-state index in [2.05, 4.69) is 36.0 Å². The highest BCUT2D eigenvalue weighted by Gasteiger charge is 2.56. The molecule has 3 heteroatoms. The molecular weight excluding hydrogens is 320 g/mol. The zero-order valence-corrected chi connectivity index (χ0v) is 15.9. The van der Waals surface area contributed by atoms with Crippen LogP contribution < -0.4 is 0 Å². The Bertz CT molecular complexity index is 811. The lowest BCUT2D eigenvalue weighted by molar-refractivity contribution is -0.122. The molecule has 0 N–H and O–H groups in total. The second-order valence-electron chi connectivity index (χ2n) is 9.38. The Morgan fingerprint density at radius 2 is 1.92 bits per heavy atom. The van der Waals surface area contributed by atoms with Gasteiger partial charge in [-0.15, -0.1) is 0 Å². The van der Waals surface area contributed by atoms with Crippen molar-refractivity contribution < 1.29 is 4.79 Å². The van der Waals surface area contributed by atoms with Crippen molar-refractivity contribution in [2.75, 3.05) is 0 Å². The number of Topliss-reactive ketones (excluding diaryl/α,β-unsaturated/α-hetero) is 1. The van der Waals surface area contributed by atoms with E-state index in [-0.39, 0.29) is 10.8 Å². The monoisotopic (exact) mass is 348 g/mol. The highest BCUT2D eigenvalue weighted by atomic mass is 16.1. The summed E-state index contributed by atoms with van der Waals surface area (Å²) >= 11 is 0. The molecule has 0 spiro atoms. The second-order valence-corrected chi connectivity index (χ2v) is 9.38. The summed E-state index contributed by atoms with van der Waals surface area (Å²) < 4.78 is 0. The van der Waals surface area contributed by atoms with Crippen molar-refractivity contribution in [1.82, 2.24) is 9.97 Å². The third kappa shape index (κ3) is 2.15. The summed E-state index contributed by atoms with van der Waals surface area (Å²) in [6.45, 7) is 4.92. The van der Waals surface area contributed by atoms with Crippen molar-refractivity contribution in [2.24, 2.45) is 28.6 Å². The summed E-state index contributed by atoms with van der Waals surface area (Å²) in [6.07, 6.45) is 17.8. The average molecular weight is 348 g/mol. The average Bonchev–Trinajstić information content (AvgIpc) is 3.00. The molecule has 4 aliphatic carbocycles. The van der Waals surface area contributed by atoms with Gasteiger partial charge in [0, 0.05) is 25.2 Å². The number of nitrogens with zero attached hydrogens (tertiary/aromatic N) is 2. The van der Waals surface area contributed by atoms with Crippen molar-refractivity contribution in [3.63, 3.8) is 0 Å². The smallest absolute Gasteiger partial charge is 0.136 e. The van der Waals surface area contributed by atoms with Gasteiger partial charge in [0.2, 0.25) is 0 Å². The van der Waals surface area contributed by atoms with Gasteiger partial charge in [0.15, 0.2) is 0 Å². The normalized spacial score (nSPS) is 41.6. The van der Waals surface area contributed by atoms with Crippen LogP contribution in [-0.4, -0.2) is 15.8 Å². The quantitative estimate of drug-likeness (QED) is 0.671. The second kappa shape index (κ2) is 5.61. The van der Waals surface area contributed by atoms with Crippen LogP contribution in [0.25, 0.3) is 5.57 Å². The lowest BCUT2D eigenvalue weighted by atomic mass is 9.47. The molecule has 0 aliphatic heterocycles. The Morgan fingerprint density at radius 3 is 2.73 bits per heavy atom. The summed E-state index contributed by atoms with van der Waals surface area (Å²) in [4.78, 5) is 20.9. The summed E-state index contributed by atoms with van der Waals surface area (Å²) in [6, 6.07) is 0. The van der Waals surface area contributed by atoms with E-state index in [9.17, 15) is 4.79 Å². The molecule has 5 rings (SSSR count). The molecule has 0 radical (unpaired) electrons. The minimum absolute atomic E-state index is 0.226. The molecule has 4 aliphatic rings. The largest absolute Gasteiger partial charge is 0.299 e. The Balaban J connectivity index is 1.49. The van der Waals surface area contributed by atoms with Crippen LogP contribution in [0, 0.1) is 28.6 Å². The zero-order chi connectivity index (χ0) is 17.9. The first kappa shape index (κ1) is 16.4. The van der Waals surface area contributed by atoms with Crippen molar-refractivity contribution in [1.29, 1.82) is 0 Å². The molecule has 0 amide bonds. The number of rotatable bonds is 1. The van der Waals surface area contributed by atoms with Gasteiger partial charge in [0.25, 0.3) is 0 Å². The fourth-order valence-corrected chi connectivity index (χ4v) is 6.88. The van der Waals surface area contributed by atoms with Crippen LogP contribution in [0.1, 0.15) is 64.5 Å². The highest BCUT2D eigenvalue weighted by Crippen LogP contribution is 2.65. The Hall–Kier alpha value is -1.77. The van der Waals surface area contributed by atoms with Gasteiger partial charge >= 0.3 is 0 Å². The predicted octanol–water partition coefficient (Wildman–Crippen LogP) is 5.00. The number of hydrogen-bond acceptors (Lipinski definition) is 3. The molecule has 2 saturated carbocycles. The third-order valence-electron chi connectivity index (χ3n) is 8.36. The number of allylic oxidation sites excluding steroid dienone is 4. The lowest BCUT2D eigenvalue weighted by Gasteiger charge is -2.57. The maximum absolute atomic E-state index is 12.0. The number of fused-ring (bicyclic) bond motifs is 5. The van der Waals surface area contributed by atoms with Crippen LogP contribution in [0.15, 0.2) is 36.3 Å². The number of carbonyl (C=O) groups excluding carboxylic acids is 1. The SMILES string of the molecule is C[C@]12CCC(=O)CC1=CC[C@@H]1[C@@H]2CC[C@]2(C)C(c3cnccn3)=CC[C@@H]12. The standard InChI is InChI=1S/C23H28N2O/c1-22-9-7-16(26)13-15(22)3-4-17-18-5-6-20(21-14-24-11-12-25-21)23(18,2)10-8-19(17)22/h3,6,11-12,14,17-19H,4-5,7-10,13H2,1-2H3/t17-,18-,19-,22-,23-/m0/s1. The molecule has 0 bridgehead atoms. The molecule has 0 saturated heterocycles. The van der Waals surface area contributed by atoms with Gasteiger partial charge in [0.1, 0.15) is 5.78 Å². The van der Waals surface area contributed by atoms with Crippen molar-refractivity contribution in [3.05, 3.63) is 42.0 Å². The Morgan fingerprint density at radius 1 is 1.04 bits per heavy atom. The summed E-state index contributed by atoms with van der Waals surface area (Å²) in [5.41, 5.74) is 4.43. The van der Waals surface area contributed by atoms with E-state index in [1.54, 1.807) is 6.20 Å². The minimum Gasteiger partial charge on any atom is -0.299 e. The highest BCUT2D eigenvalue weighted by molar-refractivity contribution is 5.82. The third-order valence-corrected chi connectivity index (χ3v) is 8.36. The first-order chi connectivity index (χ1) is 12.5. The van der Waals surface area contributed by atoms with Crippen molar-refractivity contribution >= 4 is 11.4 Å². The first-order valence-electron chi connectivity index (χ1n) is 10.2. The van der Waals surface area contributed by atoms with Gasteiger partial charge in [-0.3, -0.25) is 14.8 Å². The molecule has 0 aromatic carbocycles. The maximum atomic E-state index is 12.0. The van der Waals surface area contributed by atoms with E-state index in [1.807, 2.05) is 12.4 Å². The van der Waals surface area contributed by atoms with Gasteiger partial charge in [-0.1, -0.05) is 31.6 Å². The number of ketones is 1. The molecule has 136 valence electrons. The van der Waals surface area contributed by atoms with E-state index >= 15 is 0 Å². The fraction of sp³-hybridized carbons (Fsp3) is 0.609. The van der Waals surface area contributed by atoms with Crippen LogP contribution in [0.3, 0.4) is 0 Å².